The number of aliphatic hydroxyl groups is 1. The van der Waals surface area contributed by atoms with Gasteiger partial charge in [-0.2, -0.15) is 0 Å². The first-order valence-electron chi connectivity index (χ1n) is 10.9. The third-order valence-corrected chi connectivity index (χ3v) is 6.28. The topological polar surface area (TPSA) is 113 Å². The predicted molar refractivity (Wildman–Crippen MR) is 120 cm³/mol. The first-order valence-corrected chi connectivity index (χ1v) is 11.3. The fourth-order valence-electron chi connectivity index (χ4n) is 4.02. The van der Waals surface area contributed by atoms with Gasteiger partial charge in [0.2, 0.25) is 5.89 Å². The van der Waals surface area contributed by atoms with Crippen molar-refractivity contribution in [1.29, 1.82) is 0 Å². The number of benzene rings is 1. The van der Waals surface area contributed by atoms with Crippen molar-refractivity contribution in [3.05, 3.63) is 34.2 Å². The van der Waals surface area contributed by atoms with Crippen molar-refractivity contribution in [2.45, 2.75) is 64.2 Å². The Balaban J connectivity index is 1.57. The van der Waals surface area contributed by atoms with Gasteiger partial charge in [0.15, 0.2) is 0 Å². The molecule has 1 aromatic carbocycles. The van der Waals surface area contributed by atoms with Gasteiger partial charge in [-0.05, 0) is 70.2 Å². The van der Waals surface area contributed by atoms with Crippen LogP contribution >= 0.6 is 11.6 Å². The summed E-state index contributed by atoms with van der Waals surface area (Å²) in [6.45, 7) is 9.66. The molecule has 1 amide bonds. The molecule has 2 aromatic rings. The Hall–Kier alpha value is -2.36. The highest BCUT2D eigenvalue weighted by atomic mass is 35.5. The van der Waals surface area contributed by atoms with Crippen LogP contribution in [0.25, 0.3) is 0 Å². The Kier molecular flexibility index (Phi) is 6.08. The Morgan fingerprint density at radius 2 is 2.16 bits per heavy atom. The summed E-state index contributed by atoms with van der Waals surface area (Å²) < 4.78 is 11.1. The summed E-state index contributed by atoms with van der Waals surface area (Å²) in [5.74, 6) is 0.222. The van der Waals surface area contributed by atoms with Gasteiger partial charge in [0, 0.05) is 30.3 Å². The molecule has 1 aliphatic heterocycles. The molecule has 2 heterocycles. The average molecular weight is 464 g/mol. The quantitative estimate of drug-likeness (QED) is 0.596. The molecule has 0 spiro atoms. The van der Waals surface area contributed by atoms with Gasteiger partial charge in [-0.15, -0.1) is 5.10 Å². The summed E-state index contributed by atoms with van der Waals surface area (Å²) in [6.07, 6.45) is 1.34. The van der Waals surface area contributed by atoms with Gasteiger partial charge in [-0.3, -0.25) is 4.90 Å². The second-order valence-corrected chi connectivity index (χ2v) is 9.68. The predicted octanol–water partition coefficient (Wildman–Crippen LogP) is 3.51. The maximum absolute atomic E-state index is 12.8. The molecule has 2 fully saturated rings. The van der Waals surface area contributed by atoms with Crippen molar-refractivity contribution in [3.63, 3.8) is 0 Å². The smallest absolute Gasteiger partial charge is 0.410 e. The van der Waals surface area contributed by atoms with E-state index in [0.717, 1.165) is 23.4 Å². The zero-order valence-corrected chi connectivity index (χ0v) is 19.6. The monoisotopic (exact) mass is 463 g/mol. The van der Waals surface area contributed by atoms with Crippen molar-refractivity contribution >= 4 is 29.4 Å². The molecule has 0 bridgehead atoms. The Bertz CT molecular complexity index is 1010. The second-order valence-electron chi connectivity index (χ2n) is 9.24. The van der Waals surface area contributed by atoms with Crippen molar-refractivity contribution < 1.29 is 19.1 Å². The normalized spacial score (nSPS) is 22.2. The zero-order chi connectivity index (χ0) is 23.1. The van der Waals surface area contributed by atoms with Crippen LogP contribution in [0, 0.1) is 6.92 Å². The van der Waals surface area contributed by atoms with Crippen LogP contribution in [0.5, 0.6) is 0 Å². The molecule has 1 aromatic heterocycles. The van der Waals surface area contributed by atoms with Gasteiger partial charge < -0.3 is 24.9 Å². The van der Waals surface area contributed by atoms with Crippen molar-refractivity contribution in [1.82, 2.24) is 20.4 Å². The van der Waals surface area contributed by atoms with Gasteiger partial charge in [-0.1, -0.05) is 16.7 Å². The van der Waals surface area contributed by atoms with Crippen LogP contribution in [-0.2, 0) is 16.8 Å². The number of amides is 1. The highest BCUT2D eigenvalue weighted by Crippen LogP contribution is 2.45. The van der Waals surface area contributed by atoms with Crippen LogP contribution in [0.4, 0.5) is 16.5 Å². The lowest BCUT2D eigenvalue weighted by atomic mass is 9.87. The third kappa shape index (κ3) is 4.69. The van der Waals surface area contributed by atoms with E-state index >= 15 is 0 Å². The van der Waals surface area contributed by atoms with E-state index < -0.39 is 11.1 Å². The molecule has 10 heteroatoms. The molecule has 9 nitrogen and oxygen atoms in total. The maximum Gasteiger partial charge on any atom is 0.410 e. The zero-order valence-electron chi connectivity index (χ0n) is 18.9. The minimum Gasteiger partial charge on any atom is -0.447 e. The molecule has 174 valence electrons. The van der Waals surface area contributed by atoms with Crippen molar-refractivity contribution in [2.75, 3.05) is 25.0 Å². The molecule has 1 atom stereocenters. The Morgan fingerprint density at radius 1 is 1.41 bits per heavy atom. The van der Waals surface area contributed by atoms with Gasteiger partial charge >= 0.3 is 12.1 Å². The lowest BCUT2D eigenvalue weighted by molar-refractivity contribution is 0.0272. The number of ether oxygens (including phenoxy) is 1. The van der Waals surface area contributed by atoms with E-state index in [1.54, 1.807) is 11.0 Å². The molecular formula is C22H30ClN5O4. The number of aromatic nitrogens is 2. The van der Waals surface area contributed by atoms with E-state index in [2.05, 4.69) is 27.8 Å². The molecule has 4 rings (SSSR count). The number of nitrogens with zero attached hydrogens (tertiary/aromatic N) is 3. The van der Waals surface area contributed by atoms with E-state index in [4.69, 9.17) is 20.8 Å². The lowest BCUT2D eigenvalue weighted by Gasteiger charge is -2.45. The van der Waals surface area contributed by atoms with Gasteiger partial charge in [0.25, 0.3) is 0 Å². The second kappa shape index (κ2) is 8.53. The minimum absolute atomic E-state index is 0.182. The summed E-state index contributed by atoms with van der Waals surface area (Å²) >= 11 is 6.44. The van der Waals surface area contributed by atoms with E-state index in [1.807, 2.05) is 26.8 Å². The molecule has 1 saturated heterocycles. The minimum atomic E-state index is -0.988. The van der Waals surface area contributed by atoms with E-state index in [1.165, 1.54) is 0 Å². The third-order valence-electron chi connectivity index (χ3n) is 6.07. The highest BCUT2D eigenvalue weighted by molar-refractivity contribution is 6.31. The highest BCUT2D eigenvalue weighted by Gasteiger charge is 2.47. The summed E-state index contributed by atoms with van der Waals surface area (Å²) in [5, 5.41) is 25.2. The molecule has 0 radical (unpaired) electrons. The maximum atomic E-state index is 12.8. The first-order chi connectivity index (χ1) is 15.1. The molecule has 2 aliphatic rings. The number of nitrogens with one attached hydrogen (secondary N) is 2. The van der Waals surface area contributed by atoms with Crippen LogP contribution in [0.3, 0.4) is 0 Å². The molecule has 32 heavy (non-hydrogen) atoms. The number of carbonyl (C=O) groups is 1. The van der Waals surface area contributed by atoms with Gasteiger partial charge in [-0.25, -0.2) is 4.79 Å². The lowest BCUT2D eigenvalue weighted by Crippen LogP contribution is -2.62. The van der Waals surface area contributed by atoms with E-state index in [9.17, 15) is 9.90 Å². The largest absolute Gasteiger partial charge is 0.447 e. The SMILES string of the molecule is Cc1c(C[C@@]2(C)CNCCN2C(=O)OC(C)C)cc(Cl)cc1Nc1nnc(C2(O)CC2)o1. The number of hydrogen-bond donors (Lipinski definition) is 3. The van der Waals surface area contributed by atoms with Crippen LogP contribution in [-0.4, -0.2) is 57.6 Å². The molecule has 3 N–H and O–H groups in total. The summed E-state index contributed by atoms with van der Waals surface area (Å²) in [7, 11) is 0. The van der Waals surface area contributed by atoms with Crippen LogP contribution in [0.2, 0.25) is 5.02 Å². The standard InChI is InChI=1S/C22H30ClN5O4/c1-13(2)31-20(29)28-8-7-24-12-21(28,4)11-15-9-16(23)10-17(14(15)3)25-19-27-26-18(32-19)22(30)5-6-22/h9-10,13,24,30H,5-8,11-12H2,1-4H3,(H,25,27)/t21-/m0/s1. The summed E-state index contributed by atoms with van der Waals surface area (Å²) in [4.78, 5) is 14.6. The van der Waals surface area contributed by atoms with Crippen LogP contribution < -0.4 is 10.6 Å². The van der Waals surface area contributed by atoms with Crippen molar-refractivity contribution in [3.8, 4) is 0 Å². The number of rotatable bonds is 6. The molecule has 1 aliphatic carbocycles. The first kappa shape index (κ1) is 22.8. The number of hydrogen-bond acceptors (Lipinski definition) is 8. The number of halogens is 1. The van der Waals surface area contributed by atoms with Crippen LogP contribution in [0.15, 0.2) is 16.5 Å². The van der Waals surface area contributed by atoms with E-state index in [0.29, 0.717) is 37.4 Å². The Labute approximate surface area is 192 Å². The average Bonchev–Trinajstić information content (AvgIpc) is 3.28. The number of piperazine rings is 1. The van der Waals surface area contributed by atoms with E-state index in [-0.39, 0.29) is 24.1 Å². The summed E-state index contributed by atoms with van der Waals surface area (Å²) in [6, 6.07) is 3.91. The number of anilines is 2. The molecular weight excluding hydrogens is 434 g/mol. The van der Waals surface area contributed by atoms with Crippen LogP contribution in [0.1, 0.15) is 50.6 Å². The van der Waals surface area contributed by atoms with Gasteiger partial charge in [0.1, 0.15) is 5.60 Å². The fourth-order valence-corrected chi connectivity index (χ4v) is 4.26. The number of carbonyl (C=O) groups excluding carboxylic acids is 1. The van der Waals surface area contributed by atoms with Gasteiger partial charge in [0.05, 0.1) is 11.6 Å². The summed E-state index contributed by atoms with van der Waals surface area (Å²) in [5.41, 5.74) is 1.22. The van der Waals surface area contributed by atoms with Crippen molar-refractivity contribution in [2.24, 2.45) is 0 Å². The fraction of sp³-hybridized carbons (Fsp3) is 0.591. The molecule has 0 unspecified atom stereocenters. The molecule has 1 saturated carbocycles. The Morgan fingerprint density at radius 3 is 2.84 bits per heavy atom.